The normalized spacial score (nSPS) is 18.4. The zero-order valence-electron chi connectivity index (χ0n) is 7.67. The molecule has 0 radical (unpaired) electrons. The molecule has 3 nitrogen and oxygen atoms in total. The summed E-state index contributed by atoms with van der Waals surface area (Å²) < 4.78 is 0. The van der Waals surface area contributed by atoms with Crippen molar-refractivity contribution in [3.63, 3.8) is 0 Å². The van der Waals surface area contributed by atoms with Crippen LogP contribution in [0.5, 0.6) is 0 Å². The number of nitrogens with one attached hydrogen (secondary N) is 1. The fourth-order valence-corrected chi connectivity index (χ4v) is 1.11. The van der Waals surface area contributed by atoms with Crippen molar-refractivity contribution in [1.29, 1.82) is 0 Å². The van der Waals surface area contributed by atoms with E-state index >= 15 is 0 Å². The van der Waals surface area contributed by atoms with E-state index in [1.807, 2.05) is 7.05 Å². The van der Waals surface area contributed by atoms with Crippen LogP contribution in [0, 0.1) is 12.3 Å². The highest BCUT2D eigenvalue weighted by Crippen LogP contribution is 1.97. The topological polar surface area (TPSA) is 27.6 Å². The van der Waals surface area contributed by atoms with Crippen LogP contribution in [0.1, 0.15) is 13.3 Å². The number of aliphatic imine (C=N–C) groups is 1. The number of nitrogens with zero attached hydrogens (tertiary/aromatic N) is 2. The van der Waals surface area contributed by atoms with Crippen molar-refractivity contribution in [1.82, 2.24) is 10.2 Å². The van der Waals surface area contributed by atoms with Crippen molar-refractivity contribution in [2.45, 2.75) is 19.4 Å². The van der Waals surface area contributed by atoms with Gasteiger partial charge in [0.15, 0.2) is 5.96 Å². The van der Waals surface area contributed by atoms with Crippen LogP contribution in [0.4, 0.5) is 0 Å². The molecule has 0 fully saturated rings. The second-order valence-corrected chi connectivity index (χ2v) is 2.90. The molecule has 12 heavy (non-hydrogen) atoms. The number of rotatable bonds is 2. The lowest BCUT2D eigenvalue weighted by atomic mass is 10.2. The van der Waals surface area contributed by atoms with Crippen molar-refractivity contribution >= 4 is 5.96 Å². The largest absolute Gasteiger partial charge is 0.344 e. The zero-order valence-corrected chi connectivity index (χ0v) is 7.67. The zero-order chi connectivity index (χ0) is 8.97. The summed E-state index contributed by atoms with van der Waals surface area (Å²) in [5.41, 5.74) is 0. The summed E-state index contributed by atoms with van der Waals surface area (Å²) in [6.07, 6.45) is 6.25. The Morgan fingerprint density at radius 1 is 1.83 bits per heavy atom. The Morgan fingerprint density at radius 3 is 3.00 bits per heavy atom. The smallest absolute Gasteiger partial charge is 0.194 e. The lowest BCUT2D eigenvalue weighted by Gasteiger charge is -2.18. The van der Waals surface area contributed by atoms with Gasteiger partial charge in [0.25, 0.3) is 0 Å². The Bertz CT molecular complexity index is 214. The van der Waals surface area contributed by atoms with Gasteiger partial charge in [0.05, 0.1) is 12.6 Å². The van der Waals surface area contributed by atoms with Gasteiger partial charge in [-0.1, -0.05) is 12.8 Å². The molecule has 3 heteroatoms. The summed E-state index contributed by atoms with van der Waals surface area (Å²) in [4.78, 5) is 6.37. The summed E-state index contributed by atoms with van der Waals surface area (Å²) in [7, 11) is 2.02. The molecule has 0 spiro atoms. The van der Waals surface area contributed by atoms with Gasteiger partial charge in [-0.25, -0.2) is 0 Å². The van der Waals surface area contributed by atoms with E-state index in [1.54, 1.807) is 0 Å². The van der Waals surface area contributed by atoms with Gasteiger partial charge in [-0.3, -0.25) is 4.99 Å². The fourth-order valence-electron chi connectivity index (χ4n) is 1.11. The van der Waals surface area contributed by atoms with Crippen LogP contribution in [0.25, 0.3) is 0 Å². The molecule has 0 aromatic rings. The minimum absolute atomic E-state index is 0.115. The molecule has 0 aromatic heterocycles. The summed E-state index contributed by atoms with van der Waals surface area (Å²) >= 11 is 0. The van der Waals surface area contributed by atoms with Gasteiger partial charge in [0, 0.05) is 13.6 Å². The molecule has 66 valence electrons. The van der Waals surface area contributed by atoms with Gasteiger partial charge in [-0.15, -0.1) is 6.42 Å². The third kappa shape index (κ3) is 1.91. The molecule has 0 aliphatic carbocycles. The van der Waals surface area contributed by atoms with Crippen LogP contribution in [-0.4, -0.2) is 37.0 Å². The predicted molar refractivity (Wildman–Crippen MR) is 51.0 cm³/mol. The second-order valence-electron chi connectivity index (χ2n) is 2.90. The molecule has 1 N–H and O–H groups in total. The molecule has 0 saturated heterocycles. The first-order valence-electron chi connectivity index (χ1n) is 4.26. The molecular weight excluding hydrogens is 150 g/mol. The van der Waals surface area contributed by atoms with Crippen molar-refractivity contribution in [3.05, 3.63) is 0 Å². The lowest BCUT2D eigenvalue weighted by molar-refractivity contribution is 0.524. The SMILES string of the molecule is C#CC(CC)NC1=NCCN1C. The number of terminal acetylenes is 1. The van der Waals surface area contributed by atoms with Crippen molar-refractivity contribution in [2.75, 3.05) is 20.1 Å². The first kappa shape index (κ1) is 8.92. The third-order valence-electron chi connectivity index (χ3n) is 1.97. The Labute approximate surface area is 73.9 Å². The second kappa shape index (κ2) is 4.01. The van der Waals surface area contributed by atoms with Gasteiger partial charge < -0.3 is 10.2 Å². The Hall–Kier alpha value is -1.17. The number of hydrogen-bond donors (Lipinski definition) is 1. The molecule has 0 amide bonds. The maximum atomic E-state index is 5.32. The average molecular weight is 165 g/mol. The van der Waals surface area contributed by atoms with Gasteiger partial charge >= 0.3 is 0 Å². The Morgan fingerprint density at radius 2 is 2.58 bits per heavy atom. The standard InChI is InChI=1S/C9H15N3/c1-4-8(5-2)11-9-10-6-7-12(9)3/h1,8H,5-7H2,2-3H3,(H,10,11). The average Bonchev–Trinajstić information content (AvgIpc) is 2.47. The molecule has 1 aliphatic rings. The van der Waals surface area contributed by atoms with Crippen LogP contribution < -0.4 is 5.32 Å². The van der Waals surface area contributed by atoms with E-state index in [0.29, 0.717) is 0 Å². The first-order valence-corrected chi connectivity index (χ1v) is 4.26. The highest BCUT2D eigenvalue weighted by molar-refractivity contribution is 5.81. The van der Waals surface area contributed by atoms with E-state index in [4.69, 9.17) is 6.42 Å². The minimum Gasteiger partial charge on any atom is -0.344 e. The maximum Gasteiger partial charge on any atom is 0.194 e. The molecule has 0 saturated carbocycles. The van der Waals surface area contributed by atoms with Crippen LogP contribution in [-0.2, 0) is 0 Å². The van der Waals surface area contributed by atoms with E-state index in [2.05, 4.69) is 28.1 Å². The van der Waals surface area contributed by atoms with Crippen LogP contribution in [0.2, 0.25) is 0 Å². The first-order chi connectivity index (χ1) is 5.77. The van der Waals surface area contributed by atoms with Gasteiger partial charge in [-0.05, 0) is 6.42 Å². The van der Waals surface area contributed by atoms with Crippen molar-refractivity contribution < 1.29 is 0 Å². The molecule has 0 bridgehead atoms. The maximum absolute atomic E-state index is 5.32. The van der Waals surface area contributed by atoms with Gasteiger partial charge in [-0.2, -0.15) is 0 Å². The quantitative estimate of drug-likeness (QED) is 0.595. The number of hydrogen-bond acceptors (Lipinski definition) is 3. The van der Waals surface area contributed by atoms with E-state index < -0.39 is 0 Å². The monoisotopic (exact) mass is 165 g/mol. The van der Waals surface area contributed by atoms with E-state index in [1.165, 1.54) is 0 Å². The molecule has 1 aliphatic heterocycles. The Kier molecular flexibility index (Phi) is 2.98. The molecular formula is C9H15N3. The highest BCUT2D eigenvalue weighted by Gasteiger charge is 2.13. The molecule has 1 unspecified atom stereocenters. The summed E-state index contributed by atoms with van der Waals surface area (Å²) in [6, 6.07) is 0.115. The van der Waals surface area contributed by atoms with Gasteiger partial charge in [0.2, 0.25) is 0 Å². The van der Waals surface area contributed by atoms with E-state index in [0.717, 1.165) is 25.5 Å². The summed E-state index contributed by atoms with van der Waals surface area (Å²) in [5.74, 6) is 3.61. The van der Waals surface area contributed by atoms with E-state index in [9.17, 15) is 0 Å². The van der Waals surface area contributed by atoms with Crippen LogP contribution >= 0.6 is 0 Å². The Balaban J connectivity index is 2.45. The van der Waals surface area contributed by atoms with Gasteiger partial charge in [0.1, 0.15) is 0 Å². The number of likely N-dealkylation sites (N-methyl/N-ethyl adjacent to an activating group) is 1. The fraction of sp³-hybridized carbons (Fsp3) is 0.667. The molecule has 1 heterocycles. The predicted octanol–water partition coefficient (Wildman–Crippen LogP) is 0.289. The molecule has 0 aromatic carbocycles. The van der Waals surface area contributed by atoms with Crippen LogP contribution in [0.3, 0.4) is 0 Å². The lowest BCUT2D eigenvalue weighted by Crippen LogP contribution is -2.41. The molecule has 1 rings (SSSR count). The number of guanidine groups is 1. The summed E-state index contributed by atoms with van der Waals surface area (Å²) in [5, 5.41) is 3.20. The summed E-state index contributed by atoms with van der Waals surface area (Å²) in [6.45, 7) is 3.93. The minimum atomic E-state index is 0.115. The molecule has 1 atom stereocenters. The third-order valence-corrected chi connectivity index (χ3v) is 1.97. The van der Waals surface area contributed by atoms with Crippen molar-refractivity contribution in [2.24, 2.45) is 4.99 Å². The van der Waals surface area contributed by atoms with E-state index in [-0.39, 0.29) is 6.04 Å². The highest BCUT2D eigenvalue weighted by atomic mass is 15.3. The van der Waals surface area contributed by atoms with Crippen LogP contribution in [0.15, 0.2) is 4.99 Å². The van der Waals surface area contributed by atoms with Crippen molar-refractivity contribution in [3.8, 4) is 12.3 Å².